The molecule has 1 aliphatic heterocycles. The number of rotatable bonds is 4. The number of hydrogen-bond donors (Lipinski definition) is 0. The molecule has 0 radical (unpaired) electrons. The Hall–Kier alpha value is -2.89. The molecule has 4 aromatic rings. The topological polar surface area (TPSA) is 42.5 Å². The van der Waals surface area contributed by atoms with Gasteiger partial charge in [0.1, 0.15) is 5.65 Å². The third kappa shape index (κ3) is 3.48. The number of fused-ring (bicyclic) bond motifs is 3. The monoisotopic (exact) mass is 404 g/mol. The van der Waals surface area contributed by atoms with Crippen molar-refractivity contribution < 1.29 is 0 Å². The number of aromatic nitrogens is 3. The van der Waals surface area contributed by atoms with Crippen molar-refractivity contribution in [2.24, 2.45) is 0 Å². The van der Waals surface area contributed by atoms with E-state index in [0.717, 1.165) is 52.6 Å². The zero-order valence-corrected chi connectivity index (χ0v) is 16.7. The van der Waals surface area contributed by atoms with E-state index >= 15 is 0 Å². The predicted molar refractivity (Wildman–Crippen MR) is 114 cm³/mol. The van der Waals surface area contributed by atoms with Crippen molar-refractivity contribution in [1.82, 2.24) is 19.1 Å². The predicted octanol–water partition coefficient (Wildman–Crippen LogP) is 3.76. The molecule has 0 unspecified atom stereocenters. The van der Waals surface area contributed by atoms with Crippen LogP contribution in [0.1, 0.15) is 22.4 Å². The minimum atomic E-state index is 0.0765. The fourth-order valence-electron chi connectivity index (χ4n) is 4.16. The Morgan fingerprint density at radius 3 is 2.62 bits per heavy atom. The molecule has 3 heterocycles. The molecule has 2 aromatic heterocycles. The molecule has 29 heavy (non-hydrogen) atoms. The van der Waals surface area contributed by atoms with Gasteiger partial charge in [0.2, 0.25) is 0 Å². The maximum atomic E-state index is 13.5. The van der Waals surface area contributed by atoms with Crippen LogP contribution < -0.4 is 5.56 Å². The Balaban J connectivity index is 1.52. The summed E-state index contributed by atoms with van der Waals surface area (Å²) in [6.07, 6.45) is 2.57. The fraction of sp³-hybridized carbons (Fsp3) is 0.217. The number of halogens is 1. The van der Waals surface area contributed by atoms with Crippen molar-refractivity contribution in [3.8, 4) is 0 Å². The van der Waals surface area contributed by atoms with Crippen LogP contribution in [0.15, 0.2) is 71.7 Å². The van der Waals surface area contributed by atoms with Gasteiger partial charge in [0.15, 0.2) is 0 Å². The van der Waals surface area contributed by atoms with E-state index in [2.05, 4.69) is 16.1 Å². The molecular formula is C23H21ClN4O. The summed E-state index contributed by atoms with van der Waals surface area (Å²) in [6, 6.07) is 19.9. The smallest absolute Gasteiger partial charge is 0.258 e. The van der Waals surface area contributed by atoms with E-state index < -0.39 is 0 Å². The van der Waals surface area contributed by atoms with Crippen LogP contribution in [0.5, 0.6) is 0 Å². The van der Waals surface area contributed by atoms with Gasteiger partial charge in [-0.25, -0.2) is 4.52 Å². The number of hydrogen-bond acceptors (Lipinski definition) is 3. The van der Waals surface area contributed by atoms with Gasteiger partial charge >= 0.3 is 0 Å². The average molecular weight is 405 g/mol. The summed E-state index contributed by atoms with van der Waals surface area (Å²) in [6.45, 7) is 2.81. The summed E-state index contributed by atoms with van der Waals surface area (Å²) in [5, 5.41) is 5.26. The number of benzene rings is 2. The minimum absolute atomic E-state index is 0.0765. The molecule has 0 atom stereocenters. The Bertz CT molecular complexity index is 1230. The highest BCUT2D eigenvalue weighted by Crippen LogP contribution is 2.21. The molecular weight excluding hydrogens is 384 g/mol. The van der Waals surface area contributed by atoms with Gasteiger partial charge in [-0.05, 0) is 23.3 Å². The molecule has 0 saturated carbocycles. The van der Waals surface area contributed by atoms with E-state index in [1.165, 1.54) is 0 Å². The summed E-state index contributed by atoms with van der Waals surface area (Å²) in [7, 11) is 0. The fourth-order valence-corrected chi connectivity index (χ4v) is 4.37. The van der Waals surface area contributed by atoms with Crippen LogP contribution in [0.4, 0.5) is 0 Å². The maximum absolute atomic E-state index is 13.5. The SMILES string of the molecule is O=c1c2c(n3nccc3n1Cc1ccccc1)CCN(Cc1cccc(Cl)c1)C2. The van der Waals surface area contributed by atoms with Crippen molar-refractivity contribution in [2.75, 3.05) is 6.54 Å². The average Bonchev–Trinajstić information content (AvgIpc) is 3.22. The van der Waals surface area contributed by atoms with Crippen LogP contribution in [0.25, 0.3) is 5.65 Å². The second kappa shape index (κ2) is 7.50. The van der Waals surface area contributed by atoms with Crippen molar-refractivity contribution >= 4 is 17.2 Å². The summed E-state index contributed by atoms with van der Waals surface area (Å²) in [4.78, 5) is 15.8. The summed E-state index contributed by atoms with van der Waals surface area (Å²) < 4.78 is 3.78. The van der Waals surface area contributed by atoms with Gasteiger partial charge in [0, 0.05) is 37.1 Å². The molecule has 0 fully saturated rings. The zero-order valence-electron chi connectivity index (χ0n) is 16.0. The first-order valence-electron chi connectivity index (χ1n) is 9.78. The van der Waals surface area contributed by atoms with Crippen LogP contribution in [-0.4, -0.2) is 25.6 Å². The van der Waals surface area contributed by atoms with Gasteiger partial charge in [-0.3, -0.25) is 14.3 Å². The third-order valence-corrected chi connectivity index (χ3v) is 5.77. The highest BCUT2D eigenvalue weighted by molar-refractivity contribution is 6.30. The summed E-state index contributed by atoms with van der Waals surface area (Å²) in [5.41, 5.74) is 5.05. The van der Waals surface area contributed by atoms with E-state index in [9.17, 15) is 4.79 Å². The lowest BCUT2D eigenvalue weighted by Gasteiger charge is -2.29. The van der Waals surface area contributed by atoms with Gasteiger partial charge < -0.3 is 0 Å². The molecule has 5 nitrogen and oxygen atoms in total. The van der Waals surface area contributed by atoms with Crippen LogP contribution in [0, 0.1) is 0 Å². The number of nitrogens with zero attached hydrogens (tertiary/aromatic N) is 4. The first-order chi connectivity index (χ1) is 14.2. The quantitative estimate of drug-likeness (QED) is 0.520. The summed E-state index contributed by atoms with van der Waals surface area (Å²) in [5.74, 6) is 0. The highest BCUT2D eigenvalue weighted by atomic mass is 35.5. The molecule has 1 aliphatic rings. The van der Waals surface area contributed by atoms with Gasteiger partial charge in [-0.1, -0.05) is 54.1 Å². The van der Waals surface area contributed by atoms with E-state index in [1.54, 1.807) is 6.20 Å². The largest absolute Gasteiger partial charge is 0.294 e. The Labute approximate surface area is 173 Å². The molecule has 6 heteroatoms. The Morgan fingerprint density at radius 1 is 0.966 bits per heavy atom. The lowest BCUT2D eigenvalue weighted by Crippen LogP contribution is -2.38. The van der Waals surface area contributed by atoms with Crippen molar-refractivity contribution in [2.45, 2.75) is 26.1 Å². The maximum Gasteiger partial charge on any atom is 0.258 e. The first kappa shape index (κ1) is 18.2. The van der Waals surface area contributed by atoms with Crippen LogP contribution in [0.3, 0.4) is 0 Å². The van der Waals surface area contributed by atoms with Crippen molar-refractivity contribution in [3.05, 3.63) is 105 Å². The summed E-state index contributed by atoms with van der Waals surface area (Å²) >= 11 is 6.14. The molecule has 0 N–H and O–H groups in total. The second-order valence-electron chi connectivity index (χ2n) is 7.49. The molecule has 2 aromatic carbocycles. The van der Waals surface area contributed by atoms with E-state index in [4.69, 9.17) is 11.6 Å². The lowest BCUT2D eigenvalue weighted by molar-refractivity contribution is 0.239. The van der Waals surface area contributed by atoms with Crippen LogP contribution >= 0.6 is 11.6 Å². The molecule has 0 bridgehead atoms. The first-order valence-corrected chi connectivity index (χ1v) is 10.2. The van der Waals surface area contributed by atoms with Gasteiger partial charge in [0.05, 0.1) is 24.0 Å². The van der Waals surface area contributed by atoms with Crippen molar-refractivity contribution in [1.29, 1.82) is 0 Å². The molecule has 0 spiro atoms. The third-order valence-electron chi connectivity index (χ3n) is 5.53. The lowest BCUT2D eigenvalue weighted by atomic mass is 10.1. The molecule has 0 amide bonds. The van der Waals surface area contributed by atoms with Crippen molar-refractivity contribution in [3.63, 3.8) is 0 Å². The van der Waals surface area contributed by atoms with Crippen LogP contribution in [0.2, 0.25) is 5.02 Å². The molecule has 0 saturated heterocycles. The van der Waals surface area contributed by atoms with Gasteiger partial charge in [-0.15, -0.1) is 0 Å². The Kier molecular flexibility index (Phi) is 4.70. The minimum Gasteiger partial charge on any atom is -0.294 e. The van der Waals surface area contributed by atoms with Gasteiger partial charge in [0.25, 0.3) is 5.56 Å². The standard InChI is InChI=1S/C23H21ClN4O/c24-19-8-4-7-18(13-19)14-26-12-10-21-20(16-26)23(29)27(22-9-11-25-28(21)22)15-17-5-2-1-3-6-17/h1-9,11,13H,10,12,14-16H2. The second-order valence-corrected chi connectivity index (χ2v) is 7.93. The highest BCUT2D eigenvalue weighted by Gasteiger charge is 2.24. The van der Waals surface area contributed by atoms with E-state index in [0.29, 0.717) is 13.1 Å². The van der Waals surface area contributed by atoms with E-state index in [1.807, 2.05) is 63.7 Å². The van der Waals surface area contributed by atoms with E-state index in [-0.39, 0.29) is 5.56 Å². The normalized spacial score (nSPS) is 14.2. The van der Waals surface area contributed by atoms with Crippen LogP contribution in [-0.2, 0) is 26.1 Å². The molecule has 5 rings (SSSR count). The molecule has 146 valence electrons. The molecule has 0 aliphatic carbocycles. The Morgan fingerprint density at radius 2 is 1.79 bits per heavy atom. The zero-order chi connectivity index (χ0) is 19.8. The van der Waals surface area contributed by atoms with Gasteiger partial charge in [-0.2, -0.15) is 5.10 Å².